The first-order valence-corrected chi connectivity index (χ1v) is 9.95. The third-order valence-electron chi connectivity index (χ3n) is 5.70. The van der Waals surface area contributed by atoms with Gasteiger partial charge in [-0.1, -0.05) is 98.3 Å². The third kappa shape index (κ3) is 3.82. The molecule has 0 atom stereocenters. The molecule has 0 amide bonds. The van der Waals surface area contributed by atoms with E-state index in [0.717, 1.165) is 5.56 Å². The first-order chi connectivity index (χ1) is 13.2. The van der Waals surface area contributed by atoms with Gasteiger partial charge in [0.25, 0.3) is 0 Å². The number of ketones is 1. The molecule has 0 fully saturated rings. The van der Waals surface area contributed by atoms with Gasteiger partial charge in [0.2, 0.25) is 6.71 Å². The van der Waals surface area contributed by atoms with Gasteiger partial charge in [0, 0.05) is 5.56 Å². The molecule has 142 valence electrons. The summed E-state index contributed by atoms with van der Waals surface area (Å²) < 4.78 is 0. The lowest BCUT2D eigenvalue weighted by Crippen LogP contribution is -2.55. The molecule has 3 rings (SSSR count). The van der Waals surface area contributed by atoms with Gasteiger partial charge in [0.1, 0.15) is 0 Å². The minimum Gasteiger partial charge on any atom is -0.295 e. The number of benzene rings is 3. The van der Waals surface area contributed by atoms with Gasteiger partial charge in [-0.3, -0.25) is 4.79 Å². The van der Waals surface area contributed by atoms with Crippen LogP contribution in [0.5, 0.6) is 0 Å². The first kappa shape index (κ1) is 20.1. The van der Waals surface area contributed by atoms with Gasteiger partial charge in [-0.05, 0) is 48.5 Å². The molecule has 3 aromatic rings. The molecule has 3 aromatic carbocycles. The van der Waals surface area contributed by atoms with Crippen LogP contribution in [0.2, 0.25) is 0 Å². The Morgan fingerprint density at radius 2 is 1.00 bits per heavy atom. The molecule has 0 aliphatic rings. The smallest absolute Gasteiger partial charge is 0.242 e. The predicted molar refractivity (Wildman–Crippen MR) is 122 cm³/mol. The van der Waals surface area contributed by atoms with Crippen LogP contribution in [0, 0.1) is 41.5 Å². The molecule has 0 bridgehead atoms. The maximum absolute atomic E-state index is 11.8. The van der Waals surface area contributed by atoms with E-state index < -0.39 is 0 Å². The maximum Gasteiger partial charge on any atom is 0.242 e. The van der Waals surface area contributed by atoms with Gasteiger partial charge in [0.05, 0.1) is 0 Å². The quantitative estimate of drug-likeness (QED) is 0.497. The van der Waals surface area contributed by atoms with E-state index in [1.165, 1.54) is 49.8 Å². The zero-order valence-electron chi connectivity index (χ0n) is 18.1. The highest BCUT2D eigenvalue weighted by atomic mass is 16.1. The molecule has 0 spiro atoms. The van der Waals surface area contributed by atoms with Gasteiger partial charge < -0.3 is 0 Å². The van der Waals surface area contributed by atoms with Crippen LogP contribution in [-0.2, 0) is 0 Å². The van der Waals surface area contributed by atoms with Crippen molar-refractivity contribution >= 4 is 28.9 Å². The number of rotatable bonds is 4. The fraction of sp³-hybridized carbons (Fsp3) is 0.269. The SMILES string of the molecule is CC(=O)c1ccc(B(c2c(C)cc(C)cc2C)c2c(C)cc(C)cc2C)cc1. The van der Waals surface area contributed by atoms with E-state index in [0.29, 0.717) is 0 Å². The molecule has 0 aromatic heterocycles. The summed E-state index contributed by atoms with van der Waals surface area (Å²) in [6, 6.07) is 17.3. The number of carbonyl (C=O) groups excluding carboxylic acids is 1. The van der Waals surface area contributed by atoms with E-state index in [1.807, 2.05) is 12.1 Å². The Morgan fingerprint density at radius 1 is 0.643 bits per heavy atom. The Kier molecular flexibility index (Phi) is 5.60. The van der Waals surface area contributed by atoms with Gasteiger partial charge in [0.15, 0.2) is 5.78 Å². The summed E-state index contributed by atoms with van der Waals surface area (Å²) in [5.74, 6) is 0.105. The predicted octanol–water partition coefficient (Wildman–Crippen LogP) is 4.26. The van der Waals surface area contributed by atoms with E-state index in [-0.39, 0.29) is 12.5 Å². The fourth-order valence-corrected chi connectivity index (χ4v) is 4.68. The van der Waals surface area contributed by atoms with Crippen LogP contribution in [0.4, 0.5) is 0 Å². The molecule has 1 nitrogen and oxygen atoms in total. The lowest BCUT2D eigenvalue weighted by molar-refractivity contribution is 0.101. The standard InChI is InChI=1S/C26H29BO/c1-16-12-18(3)25(19(4)13-16)27(24-10-8-23(9-11-24)22(7)28)26-20(5)14-17(2)15-21(26)6/h8-15H,1-7H3. The summed E-state index contributed by atoms with van der Waals surface area (Å²) >= 11 is 0. The fourth-order valence-electron chi connectivity index (χ4n) is 4.68. The first-order valence-electron chi connectivity index (χ1n) is 9.95. The second kappa shape index (κ2) is 7.79. The van der Waals surface area contributed by atoms with Crippen molar-refractivity contribution in [2.45, 2.75) is 48.5 Å². The summed E-state index contributed by atoms with van der Waals surface area (Å²) in [4.78, 5) is 11.8. The van der Waals surface area contributed by atoms with Crippen molar-refractivity contribution < 1.29 is 4.79 Å². The molecule has 0 saturated carbocycles. The summed E-state index contributed by atoms with van der Waals surface area (Å²) in [5, 5.41) is 0. The molecule has 0 unspecified atom stereocenters. The van der Waals surface area contributed by atoms with Crippen LogP contribution in [0.1, 0.15) is 50.7 Å². The molecule has 0 aliphatic carbocycles. The molecular weight excluding hydrogens is 339 g/mol. The van der Waals surface area contributed by atoms with Gasteiger partial charge in [-0.15, -0.1) is 0 Å². The third-order valence-corrected chi connectivity index (χ3v) is 5.70. The van der Waals surface area contributed by atoms with Crippen molar-refractivity contribution in [1.82, 2.24) is 0 Å². The Hall–Kier alpha value is -2.61. The second-order valence-electron chi connectivity index (χ2n) is 8.24. The van der Waals surface area contributed by atoms with Gasteiger partial charge in [-0.2, -0.15) is 0 Å². The molecule has 28 heavy (non-hydrogen) atoms. The highest BCUT2D eigenvalue weighted by Gasteiger charge is 2.28. The Bertz CT molecular complexity index is 941. The average Bonchev–Trinajstić information content (AvgIpc) is 2.58. The zero-order valence-corrected chi connectivity index (χ0v) is 18.1. The van der Waals surface area contributed by atoms with Crippen molar-refractivity contribution in [3.05, 3.63) is 87.5 Å². The molecule has 0 saturated heterocycles. The minimum atomic E-state index is 0.105. The molecule has 0 radical (unpaired) electrons. The van der Waals surface area contributed by atoms with Crippen molar-refractivity contribution in [3.63, 3.8) is 0 Å². The number of hydrogen-bond acceptors (Lipinski definition) is 1. The van der Waals surface area contributed by atoms with Crippen LogP contribution in [0.3, 0.4) is 0 Å². The highest BCUT2D eigenvalue weighted by molar-refractivity contribution is 6.96. The van der Waals surface area contributed by atoms with E-state index in [4.69, 9.17) is 0 Å². The maximum atomic E-state index is 11.8. The van der Waals surface area contributed by atoms with Crippen LogP contribution >= 0.6 is 0 Å². The second-order valence-corrected chi connectivity index (χ2v) is 8.24. The topological polar surface area (TPSA) is 17.1 Å². The molecule has 0 N–H and O–H groups in total. The van der Waals surface area contributed by atoms with E-state index in [9.17, 15) is 4.79 Å². The number of hydrogen-bond donors (Lipinski definition) is 0. The van der Waals surface area contributed by atoms with E-state index >= 15 is 0 Å². The molecule has 0 aliphatic heterocycles. The molecular formula is C26H29BO. The van der Waals surface area contributed by atoms with Crippen LogP contribution in [-0.4, -0.2) is 12.5 Å². The largest absolute Gasteiger partial charge is 0.295 e. The zero-order chi connectivity index (χ0) is 20.6. The van der Waals surface area contributed by atoms with Crippen molar-refractivity contribution in [2.75, 3.05) is 0 Å². The van der Waals surface area contributed by atoms with Crippen molar-refractivity contribution in [1.29, 1.82) is 0 Å². The molecule has 0 heterocycles. The minimum absolute atomic E-state index is 0.105. The van der Waals surface area contributed by atoms with Crippen molar-refractivity contribution in [2.24, 2.45) is 0 Å². The van der Waals surface area contributed by atoms with Gasteiger partial charge >= 0.3 is 0 Å². The Labute approximate surface area is 169 Å². The summed E-state index contributed by atoms with van der Waals surface area (Å²) in [7, 11) is 0. The highest BCUT2D eigenvalue weighted by Crippen LogP contribution is 2.13. The number of carbonyl (C=O) groups is 1. The number of aryl methyl sites for hydroxylation is 6. The lowest BCUT2D eigenvalue weighted by atomic mass is 9.34. The summed E-state index contributed by atoms with van der Waals surface area (Å²) in [5.41, 5.74) is 12.6. The van der Waals surface area contributed by atoms with Gasteiger partial charge in [-0.25, -0.2) is 0 Å². The summed E-state index contributed by atoms with van der Waals surface area (Å²) in [6.07, 6.45) is 0. The van der Waals surface area contributed by atoms with Crippen LogP contribution in [0.15, 0.2) is 48.5 Å². The van der Waals surface area contributed by atoms with Crippen LogP contribution < -0.4 is 16.4 Å². The van der Waals surface area contributed by atoms with E-state index in [1.54, 1.807) is 6.92 Å². The van der Waals surface area contributed by atoms with Crippen molar-refractivity contribution in [3.8, 4) is 0 Å². The Balaban J connectivity index is 2.31. The van der Waals surface area contributed by atoms with E-state index in [2.05, 4.69) is 77.9 Å². The Morgan fingerprint density at radius 3 is 1.32 bits per heavy atom. The lowest BCUT2D eigenvalue weighted by Gasteiger charge is -2.24. The summed E-state index contributed by atoms with van der Waals surface area (Å²) in [6.45, 7) is 14.9. The van der Waals surface area contributed by atoms with Crippen LogP contribution in [0.25, 0.3) is 0 Å². The monoisotopic (exact) mass is 368 g/mol. The number of Topliss-reactive ketones (excluding diaryl/α,β-unsaturated/α-hetero) is 1. The molecule has 2 heteroatoms. The normalized spacial score (nSPS) is 10.8. The average molecular weight is 368 g/mol.